The minimum absolute atomic E-state index is 0.268. The van der Waals surface area contributed by atoms with Crippen molar-refractivity contribution in [3.8, 4) is 6.07 Å². The first-order valence-corrected chi connectivity index (χ1v) is 6.17. The maximum Gasteiger partial charge on any atom is 0.242 e. The van der Waals surface area contributed by atoms with Crippen LogP contribution >= 0.6 is 0 Å². The number of amides is 1. The van der Waals surface area contributed by atoms with E-state index in [1.165, 1.54) is 12.1 Å². The molecule has 1 amide bonds. The second-order valence-corrected chi connectivity index (χ2v) is 4.32. The summed E-state index contributed by atoms with van der Waals surface area (Å²) in [5.41, 5.74) is 1.44. The summed E-state index contributed by atoms with van der Waals surface area (Å²) in [5, 5.41) is 11.8. The number of carbonyl (C=O) groups is 1. The average molecular weight is 268 g/mol. The Kier molecular flexibility index (Phi) is 4.46. The Labute approximate surface area is 116 Å². The van der Waals surface area contributed by atoms with Crippen LogP contribution in [0.15, 0.2) is 54.6 Å². The zero-order valence-corrected chi connectivity index (χ0v) is 10.7. The van der Waals surface area contributed by atoms with Gasteiger partial charge in [0.15, 0.2) is 0 Å². The standard InChI is InChI=1S/C16H13FN2O/c17-14-8-6-12(7-9-14)11-19-16(20)15(10-18)13-4-2-1-3-5-13/h1-9,15H,11H2,(H,19,20). The van der Waals surface area contributed by atoms with Gasteiger partial charge in [0.2, 0.25) is 5.91 Å². The van der Waals surface area contributed by atoms with Crippen molar-refractivity contribution in [3.05, 3.63) is 71.5 Å². The van der Waals surface area contributed by atoms with E-state index in [-0.39, 0.29) is 18.3 Å². The first kappa shape index (κ1) is 13.8. The van der Waals surface area contributed by atoms with Crippen LogP contribution in [0.25, 0.3) is 0 Å². The second kappa shape index (κ2) is 6.48. The van der Waals surface area contributed by atoms with Gasteiger partial charge >= 0.3 is 0 Å². The first-order valence-electron chi connectivity index (χ1n) is 6.17. The van der Waals surface area contributed by atoms with Gasteiger partial charge < -0.3 is 5.32 Å². The third kappa shape index (κ3) is 3.42. The molecule has 0 bridgehead atoms. The lowest BCUT2D eigenvalue weighted by Crippen LogP contribution is -2.28. The van der Waals surface area contributed by atoms with E-state index in [9.17, 15) is 9.18 Å². The van der Waals surface area contributed by atoms with Crippen LogP contribution in [0.2, 0.25) is 0 Å². The SMILES string of the molecule is N#CC(C(=O)NCc1ccc(F)cc1)c1ccccc1. The van der Waals surface area contributed by atoms with Crippen LogP contribution in [-0.4, -0.2) is 5.91 Å². The molecule has 0 aliphatic heterocycles. The van der Waals surface area contributed by atoms with Gasteiger partial charge in [-0.1, -0.05) is 42.5 Å². The molecule has 4 heteroatoms. The van der Waals surface area contributed by atoms with Crippen molar-refractivity contribution in [1.29, 1.82) is 5.26 Å². The average Bonchev–Trinajstić information content (AvgIpc) is 2.48. The third-order valence-corrected chi connectivity index (χ3v) is 2.90. The lowest BCUT2D eigenvalue weighted by Gasteiger charge is -2.10. The number of hydrogen-bond donors (Lipinski definition) is 1. The van der Waals surface area contributed by atoms with Gasteiger partial charge in [0.25, 0.3) is 0 Å². The van der Waals surface area contributed by atoms with Crippen molar-refractivity contribution in [2.45, 2.75) is 12.5 Å². The molecule has 0 heterocycles. The van der Waals surface area contributed by atoms with Crippen molar-refractivity contribution in [3.63, 3.8) is 0 Å². The number of nitrogens with one attached hydrogen (secondary N) is 1. The van der Waals surface area contributed by atoms with E-state index < -0.39 is 5.92 Å². The van der Waals surface area contributed by atoms with Crippen LogP contribution in [0.1, 0.15) is 17.0 Å². The Balaban J connectivity index is 2.00. The lowest BCUT2D eigenvalue weighted by molar-refractivity contribution is -0.121. The molecule has 0 aliphatic rings. The predicted molar refractivity (Wildman–Crippen MR) is 73.0 cm³/mol. The highest BCUT2D eigenvalue weighted by Gasteiger charge is 2.19. The molecule has 3 nitrogen and oxygen atoms in total. The normalized spacial score (nSPS) is 11.4. The van der Waals surface area contributed by atoms with Gasteiger partial charge in [-0.2, -0.15) is 5.26 Å². The van der Waals surface area contributed by atoms with E-state index in [2.05, 4.69) is 5.32 Å². The highest BCUT2D eigenvalue weighted by atomic mass is 19.1. The number of nitriles is 1. The highest BCUT2D eigenvalue weighted by Crippen LogP contribution is 2.14. The molecule has 0 aromatic heterocycles. The number of rotatable bonds is 4. The quantitative estimate of drug-likeness (QED) is 0.927. The van der Waals surface area contributed by atoms with E-state index in [0.29, 0.717) is 5.56 Å². The number of nitrogens with zero attached hydrogens (tertiary/aromatic N) is 1. The summed E-state index contributed by atoms with van der Waals surface area (Å²) in [6.45, 7) is 0.268. The van der Waals surface area contributed by atoms with Crippen LogP contribution < -0.4 is 5.32 Å². The summed E-state index contributed by atoms with van der Waals surface area (Å²) in [6.07, 6.45) is 0. The summed E-state index contributed by atoms with van der Waals surface area (Å²) >= 11 is 0. The van der Waals surface area contributed by atoms with E-state index in [1.54, 1.807) is 36.4 Å². The van der Waals surface area contributed by atoms with Crippen molar-refractivity contribution < 1.29 is 9.18 Å². The number of benzene rings is 2. The van der Waals surface area contributed by atoms with Crippen LogP contribution in [-0.2, 0) is 11.3 Å². The lowest BCUT2D eigenvalue weighted by atomic mass is 10.00. The minimum Gasteiger partial charge on any atom is -0.351 e. The maximum atomic E-state index is 12.8. The summed E-state index contributed by atoms with van der Waals surface area (Å²) in [5.74, 6) is -1.51. The molecule has 2 aromatic rings. The van der Waals surface area contributed by atoms with Crippen molar-refractivity contribution in [2.75, 3.05) is 0 Å². The Morgan fingerprint density at radius 2 is 1.80 bits per heavy atom. The molecule has 100 valence electrons. The monoisotopic (exact) mass is 268 g/mol. The smallest absolute Gasteiger partial charge is 0.242 e. The van der Waals surface area contributed by atoms with Crippen LogP contribution in [0.4, 0.5) is 4.39 Å². The molecule has 1 unspecified atom stereocenters. The maximum absolute atomic E-state index is 12.8. The zero-order valence-electron chi connectivity index (χ0n) is 10.7. The molecule has 0 radical (unpaired) electrons. The Morgan fingerprint density at radius 3 is 2.40 bits per heavy atom. The topological polar surface area (TPSA) is 52.9 Å². The molecule has 20 heavy (non-hydrogen) atoms. The molecular weight excluding hydrogens is 255 g/mol. The predicted octanol–water partition coefficient (Wildman–Crippen LogP) is 2.75. The van der Waals surface area contributed by atoms with E-state index in [4.69, 9.17) is 5.26 Å². The molecule has 2 rings (SSSR count). The van der Waals surface area contributed by atoms with Crippen LogP contribution in [0, 0.1) is 17.1 Å². The molecule has 1 atom stereocenters. The Bertz CT molecular complexity index is 617. The van der Waals surface area contributed by atoms with E-state index in [0.717, 1.165) is 5.56 Å². The van der Waals surface area contributed by atoms with E-state index >= 15 is 0 Å². The molecule has 0 spiro atoms. The van der Waals surface area contributed by atoms with Crippen molar-refractivity contribution >= 4 is 5.91 Å². The molecule has 0 aliphatic carbocycles. The molecule has 1 N–H and O–H groups in total. The molecule has 0 fully saturated rings. The van der Waals surface area contributed by atoms with Gasteiger partial charge in [-0.25, -0.2) is 4.39 Å². The fourth-order valence-corrected chi connectivity index (χ4v) is 1.82. The van der Waals surface area contributed by atoms with Crippen LogP contribution in [0.5, 0.6) is 0 Å². The minimum atomic E-state index is -0.836. The summed E-state index contributed by atoms with van der Waals surface area (Å²) in [7, 11) is 0. The van der Waals surface area contributed by atoms with Crippen molar-refractivity contribution in [1.82, 2.24) is 5.32 Å². The van der Waals surface area contributed by atoms with Gasteiger partial charge in [0.1, 0.15) is 11.7 Å². The number of hydrogen-bond acceptors (Lipinski definition) is 2. The van der Waals surface area contributed by atoms with Gasteiger partial charge in [-0.3, -0.25) is 4.79 Å². The fraction of sp³-hybridized carbons (Fsp3) is 0.125. The third-order valence-electron chi connectivity index (χ3n) is 2.90. The molecule has 2 aromatic carbocycles. The van der Waals surface area contributed by atoms with E-state index in [1.807, 2.05) is 12.1 Å². The summed E-state index contributed by atoms with van der Waals surface area (Å²) in [6, 6.07) is 16.7. The summed E-state index contributed by atoms with van der Waals surface area (Å²) in [4.78, 5) is 12.0. The van der Waals surface area contributed by atoms with Gasteiger partial charge in [-0.05, 0) is 23.3 Å². The second-order valence-electron chi connectivity index (χ2n) is 4.32. The number of halogens is 1. The number of carbonyl (C=O) groups excluding carboxylic acids is 1. The van der Waals surface area contributed by atoms with Gasteiger partial charge in [-0.15, -0.1) is 0 Å². The first-order chi connectivity index (χ1) is 9.70. The molecule has 0 saturated carbocycles. The highest BCUT2D eigenvalue weighted by molar-refractivity contribution is 5.86. The van der Waals surface area contributed by atoms with Gasteiger partial charge in [0, 0.05) is 6.54 Å². The Morgan fingerprint density at radius 1 is 1.15 bits per heavy atom. The Hall–Kier alpha value is -2.67. The van der Waals surface area contributed by atoms with Gasteiger partial charge in [0.05, 0.1) is 6.07 Å². The summed E-state index contributed by atoms with van der Waals surface area (Å²) < 4.78 is 12.8. The largest absolute Gasteiger partial charge is 0.351 e. The molecule has 0 saturated heterocycles. The van der Waals surface area contributed by atoms with Crippen molar-refractivity contribution in [2.24, 2.45) is 0 Å². The molecular formula is C16H13FN2O. The zero-order chi connectivity index (χ0) is 14.4. The fourth-order valence-electron chi connectivity index (χ4n) is 1.82. The van der Waals surface area contributed by atoms with Crippen LogP contribution in [0.3, 0.4) is 0 Å².